The van der Waals surface area contributed by atoms with E-state index in [-0.39, 0.29) is 6.04 Å². The van der Waals surface area contributed by atoms with Crippen LogP contribution in [0.15, 0.2) is 40.6 Å². The van der Waals surface area contributed by atoms with Gasteiger partial charge in [0.05, 0.1) is 9.92 Å². The number of hydrogen-bond acceptors (Lipinski definition) is 7. The Morgan fingerprint density at radius 2 is 2.08 bits per heavy atom. The van der Waals surface area contributed by atoms with Crippen LogP contribution in [0.4, 0.5) is 11.8 Å². The molecule has 1 atom stereocenters. The summed E-state index contributed by atoms with van der Waals surface area (Å²) in [6.07, 6.45) is 8.11. The average Bonchev–Trinajstić information content (AvgIpc) is 3.21. The van der Waals surface area contributed by atoms with E-state index in [1.54, 1.807) is 12.4 Å². The maximum absolute atomic E-state index is 6.24. The van der Waals surface area contributed by atoms with Gasteiger partial charge in [-0.15, -0.1) is 0 Å². The summed E-state index contributed by atoms with van der Waals surface area (Å²) in [6.45, 7) is 1.71. The molecule has 0 bridgehead atoms. The van der Waals surface area contributed by atoms with Gasteiger partial charge in [-0.25, -0.2) is 15.0 Å². The van der Waals surface area contributed by atoms with Crippen LogP contribution < -0.4 is 16.4 Å². The first kappa shape index (κ1) is 15.5. The van der Waals surface area contributed by atoms with Gasteiger partial charge in [0.15, 0.2) is 5.65 Å². The second kappa shape index (κ2) is 6.12. The molecule has 0 aromatic carbocycles. The Hall–Kier alpha value is -2.03. The van der Waals surface area contributed by atoms with Crippen molar-refractivity contribution in [3.8, 4) is 0 Å². The van der Waals surface area contributed by atoms with Gasteiger partial charge < -0.3 is 16.4 Å². The fourth-order valence-corrected chi connectivity index (χ4v) is 3.93. The van der Waals surface area contributed by atoms with Crippen molar-refractivity contribution in [1.29, 1.82) is 0 Å². The summed E-state index contributed by atoms with van der Waals surface area (Å²) < 4.78 is 1.98. The monoisotopic (exact) mass is 361 g/mol. The topological polar surface area (TPSA) is 98.4 Å². The third-order valence-corrected chi connectivity index (χ3v) is 5.56. The number of fused-ring (bicyclic) bond motifs is 1. The fourth-order valence-electron chi connectivity index (χ4n) is 2.80. The van der Waals surface area contributed by atoms with E-state index in [2.05, 4.69) is 19.9 Å². The predicted octanol–water partition coefficient (Wildman–Crippen LogP) is 2.05. The van der Waals surface area contributed by atoms with Crippen LogP contribution in [-0.2, 0) is 0 Å². The SMILES string of the molecule is Nc1nccc(Sc2cnc(N3CCC(N)C3)n3ccnc23)c1Cl. The lowest BCUT2D eigenvalue weighted by molar-refractivity contribution is 0.749. The van der Waals surface area contributed by atoms with E-state index in [4.69, 9.17) is 23.1 Å². The molecule has 1 saturated heterocycles. The van der Waals surface area contributed by atoms with Crippen LogP contribution in [0.2, 0.25) is 5.02 Å². The van der Waals surface area contributed by atoms with Crippen LogP contribution in [0, 0.1) is 0 Å². The number of nitrogens with two attached hydrogens (primary N) is 2. The number of nitrogens with zero attached hydrogens (tertiary/aromatic N) is 5. The van der Waals surface area contributed by atoms with Crippen molar-refractivity contribution in [3.63, 3.8) is 0 Å². The Bertz CT molecular complexity index is 897. The number of pyridine rings is 1. The molecule has 0 spiro atoms. The van der Waals surface area contributed by atoms with Crippen LogP contribution in [0.3, 0.4) is 0 Å². The normalized spacial score (nSPS) is 17.8. The molecule has 4 heterocycles. The van der Waals surface area contributed by atoms with Crippen molar-refractivity contribution in [1.82, 2.24) is 19.4 Å². The summed E-state index contributed by atoms with van der Waals surface area (Å²) in [5.41, 5.74) is 12.6. The Morgan fingerprint density at radius 3 is 2.88 bits per heavy atom. The minimum atomic E-state index is 0.193. The lowest BCUT2D eigenvalue weighted by Gasteiger charge is -2.18. The molecular formula is C15H16ClN7S. The number of halogens is 1. The molecule has 3 aromatic heterocycles. The zero-order valence-corrected chi connectivity index (χ0v) is 14.3. The first-order valence-electron chi connectivity index (χ1n) is 7.54. The Morgan fingerprint density at radius 1 is 1.21 bits per heavy atom. The van der Waals surface area contributed by atoms with Crippen LogP contribution in [0.5, 0.6) is 0 Å². The molecule has 124 valence electrons. The number of nitrogen functional groups attached to an aromatic ring is 1. The first-order valence-corrected chi connectivity index (χ1v) is 8.73. The summed E-state index contributed by atoms with van der Waals surface area (Å²) in [7, 11) is 0. The van der Waals surface area contributed by atoms with E-state index in [1.807, 2.05) is 22.9 Å². The van der Waals surface area contributed by atoms with E-state index in [9.17, 15) is 0 Å². The van der Waals surface area contributed by atoms with Crippen molar-refractivity contribution < 1.29 is 0 Å². The van der Waals surface area contributed by atoms with Crippen molar-refractivity contribution in [2.75, 3.05) is 23.7 Å². The van der Waals surface area contributed by atoms with Gasteiger partial charge in [-0.05, 0) is 12.5 Å². The highest BCUT2D eigenvalue weighted by atomic mass is 35.5. The Balaban J connectivity index is 1.73. The van der Waals surface area contributed by atoms with Gasteiger partial charge >= 0.3 is 0 Å². The van der Waals surface area contributed by atoms with Gasteiger partial charge in [-0.2, -0.15) is 0 Å². The zero-order chi connectivity index (χ0) is 16.7. The van der Waals surface area contributed by atoms with Crippen molar-refractivity contribution in [2.24, 2.45) is 5.73 Å². The van der Waals surface area contributed by atoms with E-state index in [0.29, 0.717) is 10.8 Å². The molecule has 0 saturated carbocycles. The molecule has 4 rings (SSSR count). The zero-order valence-electron chi connectivity index (χ0n) is 12.8. The lowest BCUT2D eigenvalue weighted by atomic mass is 10.3. The smallest absolute Gasteiger partial charge is 0.211 e. The molecule has 1 fully saturated rings. The summed E-state index contributed by atoms with van der Waals surface area (Å²) >= 11 is 7.71. The van der Waals surface area contributed by atoms with Gasteiger partial charge in [-0.1, -0.05) is 23.4 Å². The summed E-state index contributed by atoms with van der Waals surface area (Å²) in [5.74, 6) is 1.18. The highest BCUT2D eigenvalue weighted by Gasteiger charge is 2.23. The summed E-state index contributed by atoms with van der Waals surface area (Å²) in [4.78, 5) is 17.0. The van der Waals surface area contributed by atoms with Crippen molar-refractivity contribution in [2.45, 2.75) is 22.3 Å². The van der Waals surface area contributed by atoms with Crippen LogP contribution in [0.1, 0.15) is 6.42 Å². The second-order valence-electron chi connectivity index (χ2n) is 5.65. The predicted molar refractivity (Wildman–Crippen MR) is 95.6 cm³/mol. The number of imidazole rings is 1. The maximum Gasteiger partial charge on any atom is 0.211 e. The molecule has 9 heteroatoms. The Kier molecular flexibility index (Phi) is 3.95. The molecule has 0 aliphatic carbocycles. The third-order valence-electron chi connectivity index (χ3n) is 3.98. The molecule has 4 N–H and O–H groups in total. The average molecular weight is 362 g/mol. The molecule has 1 aliphatic rings. The molecule has 1 unspecified atom stereocenters. The van der Waals surface area contributed by atoms with Gasteiger partial charge in [0.25, 0.3) is 0 Å². The van der Waals surface area contributed by atoms with Crippen LogP contribution in [-0.4, -0.2) is 38.5 Å². The van der Waals surface area contributed by atoms with Crippen LogP contribution in [0.25, 0.3) is 5.65 Å². The molecule has 3 aromatic rings. The first-order chi connectivity index (χ1) is 11.6. The maximum atomic E-state index is 6.24. The highest BCUT2D eigenvalue weighted by Crippen LogP contribution is 2.37. The molecule has 1 aliphatic heterocycles. The van der Waals surface area contributed by atoms with Crippen molar-refractivity contribution in [3.05, 3.63) is 35.9 Å². The molecule has 7 nitrogen and oxygen atoms in total. The van der Waals surface area contributed by atoms with Gasteiger partial charge in [0.2, 0.25) is 5.95 Å². The molecule has 24 heavy (non-hydrogen) atoms. The quantitative estimate of drug-likeness (QED) is 0.736. The molecule has 0 radical (unpaired) electrons. The third kappa shape index (κ3) is 2.66. The number of hydrogen-bond donors (Lipinski definition) is 2. The second-order valence-corrected chi connectivity index (χ2v) is 7.11. The fraction of sp³-hybridized carbons (Fsp3) is 0.267. The van der Waals surface area contributed by atoms with E-state index in [1.165, 1.54) is 11.8 Å². The minimum Gasteiger partial charge on any atom is -0.382 e. The van der Waals surface area contributed by atoms with Gasteiger partial charge in [0, 0.05) is 48.8 Å². The lowest BCUT2D eigenvalue weighted by Crippen LogP contribution is -2.28. The standard InChI is InChI=1S/C15H16ClN7S/c16-12-10(1-3-19-13(12)18)24-11-7-21-15(22-5-2-9(17)8-22)23-6-4-20-14(11)23/h1,3-4,6-7,9H,2,5,8,17H2,(H2,18,19). The van der Waals surface area contributed by atoms with Gasteiger partial charge in [-0.3, -0.25) is 4.40 Å². The van der Waals surface area contributed by atoms with Gasteiger partial charge in [0.1, 0.15) is 5.82 Å². The number of anilines is 2. The number of rotatable bonds is 3. The minimum absolute atomic E-state index is 0.193. The van der Waals surface area contributed by atoms with Crippen molar-refractivity contribution >= 4 is 40.8 Å². The number of aromatic nitrogens is 4. The van der Waals surface area contributed by atoms with E-state index < -0.39 is 0 Å². The molecule has 0 amide bonds. The summed E-state index contributed by atoms with van der Waals surface area (Å²) in [6, 6.07) is 2.02. The van der Waals surface area contributed by atoms with Crippen LogP contribution >= 0.6 is 23.4 Å². The van der Waals surface area contributed by atoms with E-state index >= 15 is 0 Å². The molecular weight excluding hydrogens is 346 g/mol. The van der Waals surface area contributed by atoms with E-state index in [0.717, 1.165) is 40.9 Å². The highest BCUT2D eigenvalue weighted by molar-refractivity contribution is 7.99. The Labute approximate surface area is 148 Å². The largest absolute Gasteiger partial charge is 0.382 e. The summed E-state index contributed by atoms with van der Waals surface area (Å²) in [5, 5.41) is 0.446.